The largest absolute Gasteiger partial charge is 0.478 e. The molecule has 1 aromatic carbocycles. The van der Waals surface area contributed by atoms with Gasteiger partial charge >= 0.3 is 17.9 Å². The number of aliphatic hydroxyl groups excluding tert-OH is 1. The van der Waals surface area contributed by atoms with Gasteiger partial charge in [-0.3, -0.25) is 0 Å². The lowest BCUT2D eigenvalue weighted by atomic mass is 10.1. The lowest BCUT2D eigenvalue weighted by Gasteiger charge is -1.99. The summed E-state index contributed by atoms with van der Waals surface area (Å²) in [6.07, 6.45) is 6.94. The number of carbonyl (C=O) groups is 3. The smallest absolute Gasteiger partial charge is 0.333 e. The average Bonchev–Trinajstić information content (AvgIpc) is 2.87. The molecule has 0 unspecified atom stereocenters. The van der Waals surface area contributed by atoms with E-state index >= 15 is 0 Å². The lowest BCUT2D eigenvalue weighted by Crippen LogP contribution is -2.08. The highest BCUT2D eigenvalue weighted by molar-refractivity contribution is 5.87. The summed E-state index contributed by atoms with van der Waals surface area (Å²) in [4.78, 5) is 30.3. The molecular formula is C29H40O7. The van der Waals surface area contributed by atoms with Crippen molar-refractivity contribution in [2.45, 2.75) is 20.8 Å². The standard InChI is InChI=1S/C10H10.C6H10O3.C5H8O2.C4H6O2.C4H6/c1-3-9-7-5-6-8-10(9)4-2;1-5(2)6(8)9-4-3-7;1-4(2)5(6)7-3;1-3(2)4(5)6;1-3-4-2/h3-8H,1-2H2;7H,1,3-4H2,2H3;1H2,2-3H3;1H2,2H3,(H,5,6);3-4H,1-2H2. The van der Waals surface area contributed by atoms with Crippen molar-refractivity contribution >= 4 is 30.1 Å². The molecule has 2 N–H and O–H groups in total. The molecule has 36 heavy (non-hydrogen) atoms. The second kappa shape index (κ2) is 27.0. The van der Waals surface area contributed by atoms with Crippen LogP contribution in [0.2, 0.25) is 0 Å². The van der Waals surface area contributed by atoms with Gasteiger partial charge in [-0.25, -0.2) is 14.4 Å². The van der Waals surface area contributed by atoms with Crippen LogP contribution in [0.5, 0.6) is 0 Å². The van der Waals surface area contributed by atoms with Crippen molar-refractivity contribution in [3.63, 3.8) is 0 Å². The molecule has 7 heteroatoms. The maximum Gasteiger partial charge on any atom is 0.333 e. The number of carboxylic acids is 1. The van der Waals surface area contributed by atoms with Crippen molar-refractivity contribution in [3.8, 4) is 0 Å². The van der Waals surface area contributed by atoms with Gasteiger partial charge in [0.1, 0.15) is 6.61 Å². The van der Waals surface area contributed by atoms with Crippen LogP contribution in [0.1, 0.15) is 31.9 Å². The highest BCUT2D eigenvalue weighted by Crippen LogP contribution is 2.10. The molecule has 0 aromatic heterocycles. The first-order valence-electron chi connectivity index (χ1n) is 10.4. The van der Waals surface area contributed by atoms with Crippen LogP contribution in [0.25, 0.3) is 12.2 Å². The second-order valence-electron chi connectivity index (χ2n) is 6.51. The molecule has 0 bridgehead atoms. The fraction of sp³-hybridized carbons (Fsp3) is 0.207. The van der Waals surface area contributed by atoms with Gasteiger partial charge in [0, 0.05) is 16.7 Å². The molecule has 1 aromatic rings. The number of esters is 2. The summed E-state index contributed by atoms with van der Waals surface area (Å²) < 4.78 is 8.74. The van der Waals surface area contributed by atoms with Gasteiger partial charge in [0.25, 0.3) is 0 Å². The number of methoxy groups -OCH3 is 1. The molecule has 0 saturated carbocycles. The van der Waals surface area contributed by atoms with E-state index < -0.39 is 11.9 Å². The van der Waals surface area contributed by atoms with E-state index in [1.807, 2.05) is 36.4 Å². The van der Waals surface area contributed by atoms with Gasteiger partial charge in [0.15, 0.2) is 0 Å². The van der Waals surface area contributed by atoms with Crippen LogP contribution in [0, 0.1) is 0 Å². The number of hydrogen-bond donors (Lipinski definition) is 2. The van der Waals surface area contributed by atoms with E-state index in [-0.39, 0.29) is 24.8 Å². The Balaban J connectivity index is -0.000000184. The SMILES string of the molecule is C=C(C)C(=O)O.C=C(C)C(=O)OC.C=C(C)C(=O)OCCO.C=CC=C.C=Cc1ccccc1C=C. The number of hydrogen-bond acceptors (Lipinski definition) is 6. The zero-order valence-corrected chi connectivity index (χ0v) is 21.9. The van der Waals surface area contributed by atoms with Crippen LogP contribution in [-0.2, 0) is 23.9 Å². The molecule has 0 aliphatic carbocycles. The Bertz CT molecular complexity index is 848. The first kappa shape index (κ1) is 39.0. The van der Waals surface area contributed by atoms with Gasteiger partial charge < -0.3 is 19.7 Å². The fourth-order valence-electron chi connectivity index (χ4n) is 1.32. The molecule has 0 aliphatic heterocycles. The number of aliphatic carboxylic acids is 1. The monoisotopic (exact) mass is 500 g/mol. The highest BCUT2D eigenvalue weighted by Gasteiger charge is 2.00. The van der Waals surface area contributed by atoms with Crippen LogP contribution in [-0.4, -0.2) is 48.4 Å². The van der Waals surface area contributed by atoms with E-state index in [4.69, 9.17) is 10.2 Å². The first-order chi connectivity index (χ1) is 16.8. The van der Waals surface area contributed by atoms with E-state index in [1.165, 1.54) is 14.0 Å². The number of carboxylic acid groups (broad SMARTS) is 1. The number of allylic oxidation sites excluding steroid dienone is 2. The minimum Gasteiger partial charge on any atom is -0.478 e. The predicted octanol–water partition coefficient (Wildman–Crippen LogP) is 5.81. The van der Waals surface area contributed by atoms with E-state index in [1.54, 1.807) is 26.0 Å². The average molecular weight is 501 g/mol. The van der Waals surface area contributed by atoms with Gasteiger partial charge in [-0.1, -0.05) is 94.6 Å². The number of aliphatic hydroxyl groups is 1. The van der Waals surface area contributed by atoms with Gasteiger partial charge in [0.05, 0.1) is 13.7 Å². The summed E-state index contributed by atoms with van der Waals surface area (Å²) in [5, 5.41) is 16.1. The van der Waals surface area contributed by atoms with Crippen LogP contribution < -0.4 is 0 Å². The van der Waals surface area contributed by atoms with Crippen molar-refractivity contribution < 1.29 is 34.1 Å². The van der Waals surface area contributed by atoms with Crippen molar-refractivity contribution in [1.29, 1.82) is 0 Å². The van der Waals surface area contributed by atoms with E-state index in [2.05, 4.69) is 55.5 Å². The third-order valence-corrected chi connectivity index (χ3v) is 3.17. The quantitative estimate of drug-likeness (QED) is 0.263. The third kappa shape index (κ3) is 27.8. The van der Waals surface area contributed by atoms with E-state index in [9.17, 15) is 14.4 Å². The summed E-state index contributed by atoms with van der Waals surface area (Å²) >= 11 is 0. The number of benzene rings is 1. The van der Waals surface area contributed by atoms with Crippen molar-refractivity contribution in [3.05, 3.63) is 110 Å². The topological polar surface area (TPSA) is 110 Å². The Labute approximate surface area is 215 Å². The molecule has 1 rings (SSSR count). The Morgan fingerprint density at radius 3 is 1.33 bits per heavy atom. The normalized spacial score (nSPS) is 7.92. The van der Waals surface area contributed by atoms with Gasteiger partial charge in [-0.15, -0.1) is 0 Å². The molecule has 0 aliphatic rings. The van der Waals surface area contributed by atoms with Gasteiger partial charge in [-0.2, -0.15) is 0 Å². The summed E-state index contributed by atoms with van der Waals surface area (Å²) in [5.74, 6) is -1.74. The van der Waals surface area contributed by atoms with Crippen molar-refractivity contribution in [2.75, 3.05) is 20.3 Å². The fourth-order valence-corrected chi connectivity index (χ4v) is 1.32. The molecule has 0 atom stereocenters. The Morgan fingerprint density at radius 2 is 1.17 bits per heavy atom. The highest BCUT2D eigenvalue weighted by atomic mass is 16.5. The van der Waals surface area contributed by atoms with Crippen molar-refractivity contribution in [2.24, 2.45) is 0 Å². The van der Waals surface area contributed by atoms with Gasteiger partial charge in [0.2, 0.25) is 0 Å². The second-order valence-corrected chi connectivity index (χ2v) is 6.51. The molecule has 0 radical (unpaired) electrons. The molecule has 0 amide bonds. The summed E-state index contributed by atoms with van der Waals surface area (Å²) in [6.45, 7) is 28.5. The zero-order chi connectivity index (χ0) is 29.1. The lowest BCUT2D eigenvalue weighted by molar-refractivity contribution is -0.140. The Hall–Kier alpha value is -4.23. The van der Waals surface area contributed by atoms with E-state index in [0.29, 0.717) is 11.1 Å². The number of rotatable bonds is 8. The maximum absolute atomic E-state index is 10.5. The Kier molecular flexibility index (Phi) is 29.3. The van der Waals surface area contributed by atoms with Crippen LogP contribution in [0.15, 0.2) is 99.2 Å². The van der Waals surface area contributed by atoms with Gasteiger partial charge in [-0.05, 0) is 31.9 Å². The van der Waals surface area contributed by atoms with Crippen LogP contribution >= 0.6 is 0 Å². The van der Waals surface area contributed by atoms with Crippen molar-refractivity contribution in [1.82, 2.24) is 0 Å². The summed E-state index contributed by atoms with van der Waals surface area (Å²) in [6, 6.07) is 8.02. The first-order valence-corrected chi connectivity index (χ1v) is 10.4. The van der Waals surface area contributed by atoms with E-state index in [0.717, 1.165) is 11.1 Å². The maximum atomic E-state index is 10.5. The predicted molar refractivity (Wildman–Crippen MR) is 149 cm³/mol. The molecule has 7 nitrogen and oxygen atoms in total. The molecule has 0 fully saturated rings. The number of ether oxygens (including phenoxy) is 2. The number of carbonyl (C=O) groups excluding carboxylic acids is 2. The Morgan fingerprint density at radius 1 is 0.806 bits per heavy atom. The zero-order valence-electron chi connectivity index (χ0n) is 21.9. The molecule has 198 valence electrons. The third-order valence-electron chi connectivity index (χ3n) is 3.17. The molecule has 0 spiro atoms. The molecule has 0 heterocycles. The summed E-state index contributed by atoms with van der Waals surface area (Å²) in [7, 11) is 1.33. The van der Waals surface area contributed by atoms with Crippen LogP contribution in [0.4, 0.5) is 0 Å². The van der Waals surface area contributed by atoms with Crippen LogP contribution in [0.3, 0.4) is 0 Å². The summed E-state index contributed by atoms with van der Waals surface area (Å²) in [5.41, 5.74) is 3.23. The minimum absolute atomic E-state index is 0.0473. The molecular weight excluding hydrogens is 460 g/mol. The minimum atomic E-state index is -0.935. The molecule has 0 saturated heterocycles.